The largest absolute Gasteiger partial charge is 0.491 e. The van der Waals surface area contributed by atoms with E-state index in [4.69, 9.17) is 26.4 Å². The number of nitrogens with zero attached hydrogens (tertiary/aromatic N) is 2. The third kappa shape index (κ3) is 7.79. The van der Waals surface area contributed by atoms with E-state index < -0.39 is 20.1 Å². The van der Waals surface area contributed by atoms with E-state index in [-0.39, 0.29) is 10.6 Å². The molecule has 0 radical (unpaired) electrons. The Hall–Kier alpha value is -4.03. The molecule has 0 aliphatic carbocycles. The molecule has 3 aromatic rings. The second-order valence-electron chi connectivity index (χ2n) is 11.3. The van der Waals surface area contributed by atoms with E-state index >= 15 is 0 Å². The highest BCUT2D eigenvalue weighted by Crippen LogP contribution is 2.37. The second kappa shape index (κ2) is 13.1. The van der Waals surface area contributed by atoms with Crippen molar-refractivity contribution in [3.05, 3.63) is 53.6 Å². The molecule has 0 spiro atoms. The minimum absolute atomic E-state index is 0.136. The normalized spacial score (nSPS) is 12.1. The summed E-state index contributed by atoms with van der Waals surface area (Å²) in [5.41, 5.74) is 20.4. The van der Waals surface area contributed by atoms with Crippen LogP contribution in [-0.4, -0.2) is 56.5 Å². The minimum Gasteiger partial charge on any atom is -0.491 e. The standard InChI is InChI=1S/C29H43N7O4Si/c1-29(2,3)41(5,6)40-15-9-14-39-24-18-20(27(32)38)16-21(30)25(24)34-12-7-8-13-36-23-11-10-19(26(31)37)17-22(23)35-28(36)33-4/h7-8,10-11,16-18,34H,9,12-15,30H2,1-6H3,(H2,31,37)(H2,32,38)(H,33,35)/b8-7+. The van der Waals surface area contributed by atoms with Crippen molar-refractivity contribution in [1.29, 1.82) is 0 Å². The Morgan fingerprint density at radius 1 is 1.05 bits per heavy atom. The van der Waals surface area contributed by atoms with Gasteiger partial charge in [0.2, 0.25) is 17.8 Å². The first-order valence-electron chi connectivity index (χ1n) is 13.6. The lowest BCUT2D eigenvalue weighted by molar-refractivity contribution is 0.0991. The van der Waals surface area contributed by atoms with Crippen LogP contribution >= 0.6 is 0 Å². The van der Waals surface area contributed by atoms with E-state index in [9.17, 15) is 9.59 Å². The fourth-order valence-corrected chi connectivity index (χ4v) is 5.04. The first kappa shape index (κ1) is 31.5. The van der Waals surface area contributed by atoms with Crippen LogP contribution in [0.25, 0.3) is 11.0 Å². The molecule has 11 nitrogen and oxygen atoms in total. The van der Waals surface area contributed by atoms with Crippen LogP contribution in [0.5, 0.6) is 5.75 Å². The van der Waals surface area contributed by atoms with Crippen molar-refractivity contribution in [3.63, 3.8) is 0 Å². The number of allylic oxidation sites excluding steroid dienone is 1. The maximum atomic E-state index is 11.8. The van der Waals surface area contributed by atoms with Crippen LogP contribution in [-0.2, 0) is 11.0 Å². The van der Waals surface area contributed by atoms with Crippen molar-refractivity contribution in [2.75, 3.05) is 43.2 Å². The predicted molar refractivity (Wildman–Crippen MR) is 168 cm³/mol. The molecule has 3 rings (SSSR count). The van der Waals surface area contributed by atoms with Gasteiger partial charge in [0.15, 0.2) is 8.32 Å². The average molecular weight is 582 g/mol. The van der Waals surface area contributed by atoms with Crippen LogP contribution in [0.2, 0.25) is 18.1 Å². The van der Waals surface area contributed by atoms with E-state index in [1.54, 1.807) is 31.3 Å². The number of nitrogens with two attached hydrogens (primary N) is 3. The zero-order chi connectivity index (χ0) is 30.4. The van der Waals surface area contributed by atoms with E-state index in [1.165, 1.54) is 0 Å². The number of ether oxygens (including phenoxy) is 1. The second-order valence-corrected chi connectivity index (χ2v) is 16.1. The topological polar surface area (TPSA) is 173 Å². The van der Waals surface area contributed by atoms with Gasteiger partial charge in [-0.15, -0.1) is 0 Å². The maximum absolute atomic E-state index is 11.8. The molecule has 0 saturated heterocycles. The zero-order valence-corrected chi connectivity index (χ0v) is 25.8. The number of nitrogens with one attached hydrogen (secondary N) is 2. The Morgan fingerprint density at radius 2 is 1.76 bits per heavy atom. The number of anilines is 3. The fraction of sp³-hybridized carbons (Fsp3) is 0.414. The van der Waals surface area contributed by atoms with Crippen molar-refractivity contribution in [2.45, 2.75) is 51.9 Å². The molecule has 0 fully saturated rings. The molecule has 8 N–H and O–H groups in total. The Kier molecular flexibility index (Phi) is 10.1. The van der Waals surface area contributed by atoms with Crippen LogP contribution in [0.4, 0.5) is 17.3 Å². The number of fused-ring (bicyclic) bond motifs is 1. The molecular weight excluding hydrogens is 538 g/mol. The molecule has 1 aromatic heterocycles. The van der Waals surface area contributed by atoms with Crippen molar-refractivity contribution < 1.29 is 18.8 Å². The van der Waals surface area contributed by atoms with Gasteiger partial charge in [0.05, 0.1) is 23.3 Å². The number of imidazole rings is 1. The summed E-state index contributed by atoms with van der Waals surface area (Å²) < 4.78 is 14.3. The number of hydrogen-bond acceptors (Lipinski definition) is 8. The minimum atomic E-state index is -1.84. The molecule has 0 saturated carbocycles. The summed E-state index contributed by atoms with van der Waals surface area (Å²) in [6, 6.07) is 8.35. The molecule has 0 bridgehead atoms. The van der Waals surface area contributed by atoms with E-state index in [1.807, 2.05) is 22.8 Å². The number of carbonyl (C=O) groups is 2. The number of nitrogen functional groups attached to an aromatic ring is 1. The SMILES string of the molecule is CNc1nc2cc(C(N)=O)ccc2n1C/C=C/CNc1c(N)cc(C(N)=O)cc1OCCCO[Si](C)(C)C(C)(C)C. The average Bonchev–Trinajstić information content (AvgIpc) is 3.25. The van der Waals surface area contributed by atoms with Crippen LogP contribution in [0.1, 0.15) is 47.9 Å². The number of carbonyl (C=O) groups excluding carboxylic acids is 2. The summed E-state index contributed by atoms with van der Waals surface area (Å²) in [5.74, 6) is 0.0519. The van der Waals surface area contributed by atoms with Gasteiger partial charge < -0.3 is 41.6 Å². The van der Waals surface area contributed by atoms with Crippen LogP contribution < -0.4 is 32.6 Å². The summed E-state index contributed by atoms with van der Waals surface area (Å²) in [6.07, 6.45) is 4.64. The quantitative estimate of drug-likeness (QED) is 0.0810. The summed E-state index contributed by atoms with van der Waals surface area (Å²) >= 11 is 0. The first-order chi connectivity index (χ1) is 19.2. The lowest BCUT2D eigenvalue weighted by atomic mass is 10.1. The van der Waals surface area contributed by atoms with E-state index in [2.05, 4.69) is 49.5 Å². The van der Waals surface area contributed by atoms with Gasteiger partial charge in [-0.3, -0.25) is 9.59 Å². The van der Waals surface area contributed by atoms with Crippen molar-refractivity contribution in [1.82, 2.24) is 9.55 Å². The van der Waals surface area contributed by atoms with Gasteiger partial charge in [-0.25, -0.2) is 4.98 Å². The lowest BCUT2D eigenvalue weighted by Crippen LogP contribution is -2.41. The number of hydrogen-bond donors (Lipinski definition) is 5. The molecule has 41 heavy (non-hydrogen) atoms. The van der Waals surface area contributed by atoms with Gasteiger partial charge in [0.1, 0.15) is 11.4 Å². The van der Waals surface area contributed by atoms with Crippen molar-refractivity contribution in [2.24, 2.45) is 11.5 Å². The molecule has 222 valence electrons. The Morgan fingerprint density at radius 3 is 2.39 bits per heavy atom. The zero-order valence-electron chi connectivity index (χ0n) is 24.8. The van der Waals surface area contributed by atoms with Gasteiger partial charge in [0, 0.05) is 44.3 Å². The molecule has 0 aliphatic heterocycles. The maximum Gasteiger partial charge on any atom is 0.248 e. The van der Waals surface area contributed by atoms with Crippen LogP contribution in [0.3, 0.4) is 0 Å². The van der Waals surface area contributed by atoms with Crippen LogP contribution in [0, 0.1) is 0 Å². The highest BCUT2D eigenvalue weighted by molar-refractivity contribution is 6.74. The number of aromatic nitrogens is 2. The molecule has 12 heteroatoms. The van der Waals surface area contributed by atoms with E-state index in [0.29, 0.717) is 66.9 Å². The highest BCUT2D eigenvalue weighted by Gasteiger charge is 2.36. The molecule has 0 unspecified atom stereocenters. The Balaban J connectivity index is 1.66. The van der Waals surface area contributed by atoms with Gasteiger partial charge in [-0.05, 0) is 48.5 Å². The summed E-state index contributed by atoms with van der Waals surface area (Å²) in [5, 5.41) is 6.51. The summed E-state index contributed by atoms with van der Waals surface area (Å²) in [7, 11) is -0.0478. The predicted octanol–water partition coefficient (Wildman–Crippen LogP) is 4.32. The fourth-order valence-electron chi connectivity index (χ4n) is 3.95. The van der Waals surface area contributed by atoms with Crippen molar-refractivity contribution >= 4 is 48.5 Å². The van der Waals surface area contributed by atoms with Gasteiger partial charge >= 0.3 is 0 Å². The highest BCUT2D eigenvalue weighted by atomic mass is 28.4. The summed E-state index contributed by atoms with van der Waals surface area (Å²) in [6.45, 7) is 13.0. The smallest absolute Gasteiger partial charge is 0.248 e. The third-order valence-corrected chi connectivity index (χ3v) is 11.9. The van der Waals surface area contributed by atoms with Gasteiger partial charge in [-0.2, -0.15) is 0 Å². The first-order valence-corrected chi connectivity index (χ1v) is 16.5. The van der Waals surface area contributed by atoms with Crippen molar-refractivity contribution in [3.8, 4) is 5.75 Å². The molecule has 1 heterocycles. The van der Waals surface area contributed by atoms with Gasteiger partial charge in [0.25, 0.3) is 0 Å². The lowest BCUT2D eigenvalue weighted by Gasteiger charge is -2.36. The van der Waals surface area contributed by atoms with E-state index in [0.717, 1.165) is 5.52 Å². The monoisotopic (exact) mass is 581 g/mol. The number of primary amides is 2. The number of amides is 2. The van der Waals surface area contributed by atoms with Crippen LogP contribution in [0.15, 0.2) is 42.5 Å². The molecule has 0 atom stereocenters. The third-order valence-electron chi connectivity index (χ3n) is 7.34. The molecule has 2 amide bonds. The molecular formula is C29H43N7O4Si. The number of rotatable bonds is 14. The summed E-state index contributed by atoms with van der Waals surface area (Å²) in [4.78, 5) is 27.9. The Labute approximate surface area is 242 Å². The Bertz CT molecular complexity index is 1430. The van der Waals surface area contributed by atoms with Gasteiger partial charge in [-0.1, -0.05) is 32.9 Å². The molecule has 0 aliphatic rings. The number of benzene rings is 2. The molecule has 2 aromatic carbocycles.